The maximum Gasteiger partial charge on any atom is 0.146 e. The van der Waals surface area contributed by atoms with Gasteiger partial charge in [0, 0.05) is 4.70 Å². The van der Waals surface area contributed by atoms with Crippen LogP contribution < -0.4 is 0 Å². The predicted molar refractivity (Wildman–Crippen MR) is 44.0 cm³/mol. The van der Waals surface area contributed by atoms with Gasteiger partial charge in [0.2, 0.25) is 0 Å². The first-order chi connectivity index (χ1) is 5.29. The Hall–Kier alpha value is -1.22. The van der Waals surface area contributed by atoms with Gasteiger partial charge in [0.15, 0.2) is 0 Å². The number of benzene rings is 1. The van der Waals surface area contributed by atoms with Gasteiger partial charge in [0.1, 0.15) is 11.5 Å². The van der Waals surface area contributed by atoms with Crippen LogP contribution in [0.4, 0.5) is 0 Å². The van der Waals surface area contributed by atoms with Crippen molar-refractivity contribution >= 4 is 21.4 Å². The van der Waals surface area contributed by atoms with Crippen LogP contribution >= 0.6 is 11.3 Å². The normalized spacial score (nSPS) is 10.5. The van der Waals surface area contributed by atoms with Crippen molar-refractivity contribution in [1.82, 2.24) is 0 Å². The fourth-order valence-corrected chi connectivity index (χ4v) is 1.76. The molecule has 1 heterocycles. The number of phenols is 1. The van der Waals surface area contributed by atoms with Gasteiger partial charge in [-0.05, 0) is 12.1 Å². The van der Waals surface area contributed by atoms with Crippen LogP contribution in [-0.4, -0.2) is 10.2 Å². The number of hydrogen-bond acceptors (Lipinski definition) is 3. The summed E-state index contributed by atoms with van der Waals surface area (Å²) in [7, 11) is 0. The maximum absolute atomic E-state index is 9.27. The maximum atomic E-state index is 9.27. The van der Waals surface area contributed by atoms with Gasteiger partial charge in [-0.2, -0.15) is 0 Å². The quantitative estimate of drug-likeness (QED) is 0.627. The van der Waals surface area contributed by atoms with Crippen LogP contribution in [0.2, 0.25) is 0 Å². The van der Waals surface area contributed by atoms with Crippen LogP contribution in [0.5, 0.6) is 11.5 Å². The lowest BCUT2D eigenvalue weighted by atomic mass is 10.2. The van der Waals surface area contributed by atoms with Gasteiger partial charge < -0.3 is 10.2 Å². The minimum Gasteiger partial charge on any atom is -0.507 e. The Balaban J connectivity index is 2.96. The molecule has 0 spiro atoms. The zero-order valence-corrected chi connectivity index (χ0v) is 6.35. The third kappa shape index (κ3) is 0.851. The number of rotatable bonds is 0. The lowest BCUT2D eigenvalue weighted by Crippen LogP contribution is -1.65. The van der Waals surface area contributed by atoms with Crippen LogP contribution in [0.25, 0.3) is 10.1 Å². The smallest absolute Gasteiger partial charge is 0.146 e. The number of aromatic hydroxyl groups is 2. The molecule has 1 radical (unpaired) electrons. The standard InChI is InChI=1S/C8H5O2S/c9-5-2-1-3-7-8(5)6(10)4-11-7/h1-3,9-10H. The van der Waals surface area contributed by atoms with Crippen molar-refractivity contribution in [2.75, 3.05) is 0 Å². The van der Waals surface area contributed by atoms with Crippen molar-refractivity contribution in [2.45, 2.75) is 0 Å². The molecule has 3 heteroatoms. The first-order valence-electron chi connectivity index (χ1n) is 3.10. The van der Waals surface area contributed by atoms with Gasteiger partial charge in [0.25, 0.3) is 0 Å². The molecule has 2 nitrogen and oxygen atoms in total. The summed E-state index contributed by atoms with van der Waals surface area (Å²) < 4.78 is 0.850. The van der Waals surface area contributed by atoms with Crippen LogP contribution in [-0.2, 0) is 0 Å². The Morgan fingerprint density at radius 3 is 2.82 bits per heavy atom. The summed E-state index contributed by atoms with van der Waals surface area (Å²) in [5.74, 6) is 0.139. The van der Waals surface area contributed by atoms with Crippen molar-refractivity contribution in [3.63, 3.8) is 0 Å². The van der Waals surface area contributed by atoms with Crippen molar-refractivity contribution in [2.24, 2.45) is 0 Å². The van der Waals surface area contributed by atoms with E-state index in [1.807, 2.05) is 6.07 Å². The number of thiophene rings is 1. The third-order valence-electron chi connectivity index (χ3n) is 1.50. The van der Waals surface area contributed by atoms with Gasteiger partial charge >= 0.3 is 0 Å². The largest absolute Gasteiger partial charge is 0.507 e. The second-order valence-corrected chi connectivity index (χ2v) is 3.05. The SMILES string of the molecule is Oc1[c]sc2cccc(O)c12. The van der Waals surface area contributed by atoms with Crippen molar-refractivity contribution in [3.8, 4) is 11.5 Å². The average molecular weight is 165 g/mol. The Kier molecular flexibility index (Phi) is 1.26. The molecule has 1 aromatic carbocycles. The van der Waals surface area contributed by atoms with E-state index in [0.29, 0.717) is 5.39 Å². The highest BCUT2D eigenvalue weighted by atomic mass is 32.1. The lowest BCUT2D eigenvalue weighted by molar-refractivity contribution is 0.465. The fourth-order valence-electron chi connectivity index (χ4n) is 0.997. The van der Waals surface area contributed by atoms with Gasteiger partial charge in [-0.15, -0.1) is 11.3 Å². The summed E-state index contributed by atoms with van der Waals surface area (Å²) in [5.41, 5.74) is 0. The molecule has 55 valence electrons. The van der Waals surface area contributed by atoms with E-state index in [1.165, 1.54) is 11.3 Å². The van der Waals surface area contributed by atoms with E-state index in [9.17, 15) is 10.2 Å². The molecule has 2 N–H and O–H groups in total. The van der Waals surface area contributed by atoms with E-state index in [1.54, 1.807) is 12.1 Å². The molecule has 0 unspecified atom stereocenters. The highest BCUT2D eigenvalue weighted by Crippen LogP contribution is 2.36. The topological polar surface area (TPSA) is 40.5 Å². The van der Waals surface area contributed by atoms with Crippen LogP contribution in [0, 0.1) is 5.38 Å². The minimum atomic E-state index is 0.0306. The second kappa shape index (κ2) is 2.13. The molecule has 0 saturated heterocycles. The third-order valence-corrected chi connectivity index (χ3v) is 2.35. The fraction of sp³-hybridized carbons (Fsp3) is 0. The summed E-state index contributed by atoms with van der Waals surface area (Å²) >= 11 is 1.29. The van der Waals surface area contributed by atoms with E-state index in [4.69, 9.17) is 0 Å². The van der Waals surface area contributed by atoms with Gasteiger partial charge in [-0.3, -0.25) is 0 Å². The Labute approximate surface area is 67.3 Å². The van der Waals surface area contributed by atoms with Crippen LogP contribution in [0.1, 0.15) is 0 Å². The van der Waals surface area contributed by atoms with Crippen molar-refractivity contribution < 1.29 is 10.2 Å². The van der Waals surface area contributed by atoms with E-state index in [2.05, 4.69) is 5.38 Å². The molecule has 0 aliphatic heterocycles. The summed E-state index contributed by atoms with van der Waals surface area (Å²) in [6.45, 7) is 0. The minimum absolute atomic E-state index is 0.0306. The summed E-state index contributed by atoms with van der Waals surface area (Å²) in [6, 6.07) is 5.11. The molecule has 0 saturated carbocycles. The van der Waals surface area contributed by atoms with Gasteiger partial charge in [-0.25, -0.2) is 0 Å². The van der Waals surface area contributed by atoms with Crippen LogP contribution in [0.3, 0.4) is 0 Å². The molecule has 1 aromatic heterocycles. The Morgan fingerprint density at radius 1 is 1.27 bits per heavy atom. The number of fused-ring (bicyclic) bond motifs is 1. The predicted octanol–water partition coefficient (Wildman–Crippen LogP) is 2.11. The molecular weight excluding hydrogens is 160 g/mol. The van der Waals surface area contributed by atoms with E-state index in [-0.39, 0.29) is 11.5 Å². The molecule has 2 aromatic rings. The molecule has 0 bridgehead atoms. The molecular formula is C8H5O2S. The van der Waals surface area contributed by atoms with Gasteiger partial charge in [-0.1, -0.05) is 6.07 Å². The highest BCUT2D eigenvalue weighted by molar-refractivity contribution is 7.17. The molecule has 0 aliphatic carbocycles. The summed E-state index contributed by atoms with van der Waals surface area (Å²) in [6.07, 6.45) is 0. The average Bonchev–Trinajstić information content (AvgIpc) is 2.34. The lowest BCUT2D eigenvalue weighted by Gasteiger charge is -1.93. The molecule has 2 rings (SSSR count). The molecule has 11 heavy (non-hydrogen) atoms. The number of phenolic OH excluding ortho intramolecular Hbond substituents is 1. The van der Waals surface area contributed by atoms with Gasteiger partial charge in [0.05, 0.1) is 10.8 Å². The Morgan fingerprint density at radius 2 is 2.09 bits per heavy atom. The molecule has 0 atom stereocenters. The first kappa shape index (κ1) is 6.49. The first-order valence-corrected chi connectivity index (χ1v) is 3.92. The van der Waals surface area contributed by atoms with Crippen molar-refractivity contribution in [1.29, 1.82) is 0 Å². The monoisotopic (exact) mass is 165 g/mol. The second-order valence-electron chi connectivity index (χ2n) is 2.20. The zero-order chi connectivity index (χ0) is 7.84. The molecule has 0 amide bonds. The van der Waals surface area contributed by atoms with E-state index < -0.39 is 0 Å². The molecule has 0 aliphatic rings. The summed E-state index contributed by atoms with van der Waals surface area (Å²) in [5, 5.41) is 21.6. The van der Waals surface area contributed by atoms with E-state index in [0.717, 1.165) is 4.70 Å². The zero-order valence-electron chi connectivity index (χ0n) is 5.53. The van der Waals surface area contributed by atoms with E-state index >= 15 is 0 Å². The molecule has 0 fully saturated rings. The number of hydrogen-bond donors (Lipinski definition) is 2. The van der Waals surface area contributed by atoms with Crippen LogP contribution in [0.15, 0.2) is 18.2 Å². The Bertz CT molecular complexity index is 392. The van der Waals surface area contributed by atoms with Crippen molar-refractivity contribution in [3.05, 3.63) is 23.6 Å². The highest BCUT2D eigenvalue weighted by Gasteiger charge is 2.05. The summed E-state index contributed by atoms with van der Waals surface area (Å²) in [4.78, 5) is 0.